The SMILES string of the molecule is O=C(NCC[C@H]1C2CN(C(=O)CC3CCOCC3)C[C@@H]21)c1cc2cnccc2[nH]1. The molecule has 1 unspecified atom stereocenters. The molecule has 2 aromatic rings. The first kappa shape index (κ1) is 18.6. The maximum atomic E-state index is 12.5. The Kier molecular flexibility index (Phi) is 4.99. The van der Waals surface area contributed by atoms with Gasteiger partial charge in [-0.2, -0.15) is 0 Å². The predicted molar refractivity (Wildman–Crippen MR) is 108 cm³/mol. The first-order chi connectivity index (χ1) is 14.2. The van der Waals surface area contributed by atoms with Gasteiger partial charge < -0.3 is 19.9 Å². The Labute approximate surface area is 170 Å². The highest BCUT2D eigenvalue weighted by molar-refractivity contribution is 5.97. The number of carbonyl (C=O) groups is 2. The summed E-state index contributed by atoms with van der Waals surface area (Å²) in [6.07, 6.45) is 7.17. The molecule has 2 amide bonds. The molecule has 4 heterocycles. The van der Waals surface area contributed by atoms with E-state index in [9.17, 15) is 9.59 Å². The zero-order valence-electron chi connectivity index (χ0n) is 16.6. The molecule has 5 rings (SSSR count). The maximum absolute atomic E-state index is 12.5. The van der Waals surface area contributed by atoms with E-state index in [4.69, 9.17) is 4.74 Å². The summed E-state index contributed by atoms with van der Waals surface area (Å²) in [6.45, 7) is 4.08. The van der Waals surface area contributed by atoms with Crippen molar-refractivity contribution in [1.29, 1.82) is 0 Å². The van der Waals surface area contributed by atoms with E-state index in [1.54, 1.807) is 12.4 Å². The Bertz CT molecular complexity index is 859. The Morgan fingerprint density at radius 3 is 2.79 bits per heavy atom. The van der Waals surface area contributed by atoms with Gasteiger partial charge in [-0.15, -0.1) is 0 Å². The van der Waals surface area contributed by atoms with Gasteiger partial charge in [0, 0.05) is 62.6 Å². The highest BCUT2D eigenvalue weighted by Crippen LogP contribution is 2.53. The third-order valence-electron chi connectivity index (χ3n) is 6.96. The minimum atomic E-state index is -0.0692. The van der Waals surface area contributed by atoms with Crippen LogP contribution in [0.3, 0.4) is 0 Å². The van der Waals surface area contributed by atoms with Crippen molar-refractivity contribution < 1.29 is 14.3 Å². The van der Waals surface area contributed by atoms with Crippen LogP contribution < -0.4 is 5.32 Å². The zero-order valence-corrected chi connectivity index (χ0v) is 16.6. The molecule has 3 aliphatic rings. The van der Waals surface area contributed by atoms with Gasteiger partial charge in [-0.3, -0.25) is 14.6 Å². The number of carbonyl (C=O) groups excluding carboxylic acids is 2. The van der Waals surface area contributed by atoms with Gasteiger partial charge >= 0.3 is 0 Å². The molecule has 0 bridgehead atoms. The Morgan fingerprint density at radius 2 is 2.03 bits per heavy atom. The van der Waals surface area contributed by atoms with Crippen LogP contribution in [-0.4, -0.2) is 59.5 Å². The van der Waals surface area contributed by atoms with E-state index in [0.717, 1.165) is 56.5 Å². The van der Waals surface area contributed by atoms with Crippen LogP contribution >= 0.6 is 0 Å². The molecule has 2 aromatic heterocycles. The largest absolute Gasteiger partial charge is 0.381 e. The quantitative estimate of drug-likeness (QED) is 0.784. The molecular formula is C22H28N4O3. The standard InChI is InChI=1S/C22H28N4O3/c27-21(9-14-3-7-29-8-4-14)26-12-17-16(18(17)13-26)1-6-24-22(28)20-10-15-11-23-5-2-19(15)25-20/h2,5,10-11,14,16-18,25H,1,3-4,6-9,12-13H2,(H,24,28)/t16-,17-,18?/m1/s1. The van der Waals surface area contributed by atoms with E-state index < -0.39 is 0 Å². The molecule has 0 spiro atoms. The lowest BCUT2D eigenvalue weighted by Gasteiger charge is -2.25. The van der Waals surface area contributed by atoms with Crippen LogP contribution in [0.15, 0.2) is 24.5 Å². The van der Waals surface area contributed by atoms with Crippen molar-refractivity contribution in [1.82, 2.24) is 20.2 Å². The van der Waals surface area contributed by atoms with E-state index in [1.807, 2.05) is 12.1 Å². The van der Waals surface area contributed by atoms with Gasteiger partial charge in [0.2, 0.25) is 5.91 Å². The lowest BCUT2D eigenvalue weighted by Crippen LogP contribution is -2.34. The number of hydrogen-bond acceptors (Lipinski definition) is 4. The predicted octanol–water partition coefficient (Wildman–Crippen LogP) is 2.20. The number of aromatic amines is 1. The first-order valence-corrected chi connectivity index (χ1v) is 10.8. The van der Waals surface area contributed by atoms with Crippen LogP contribution in [-0.2, 0) is 9.53 Å². The third kappa shape index (κ3) is 3.88. The smallest absolute Gasteiger partial charge is 0.267 e. The van der Waals surface area contributed by atoms with Crippen LogP contribution in [0.1, 0.15) is 36.2 Å². The summed E-state index contributed by atoms with van der Waals surface area (Å²) in [7, 11) is 0. The first-order valence-electron chi connectivity index (χ1n) is 10.8. The number of H-pyrrole nitrogens is 1. The normalized spacial score (nSPS) is 26.5. The molecule has 7 heteroatoms. The van der Waals surface area contributed by atoms with Crippen LogP contribution in [0.5, 0.6) is 0 Å². The number of hydrogen-bond donors (Lipinski definition) is 2. The fraction of sp³-hybridized carbons (Fsp3) is 0.591. The number of nitrogens with zero attached hydrogens (tertiary/aromatic N) is 2. The number of rotatable bonds is 6. The molecule has 1 aliphatic carbocycles. The molecule has 1 saturated carbocycles. The van der Waals surface area contributed by atoms with Crippen LogP contribution in [0, 0.1) is 23.7 Å². The summed E-state index contributed by atoms with van der Waals surface area (Å²) in [5.74, 6) is 2.66. The molecule has 2 N–H and O–H groups in total. The number of piperidine rings is 1. The average molecular weight is 396 g/mol. The molecule has 7 nitrogen and oxygen atoms in total. The van der Waals surface area contributed by atoms with Gasteiger partial charge in [-0.1, -0.05) is 0 Å². The number of ether oxygens (including phenoxy) is 1. The molecule has 0 aromatic carbocycles. The Balaban J connectivity index is 1.04. The van der Waals surface area contributed by atoms with E-state index in [1.165, 1.54) is 0 Å². The van der Waals surface area contributed by atoms with Gasteiger partial charge in [0.05, 0.1) is 0 Å². The highest BCUT2D eigenvalue weighted by atomic mass is 16.5. The van der Waals surface area contributed by atoms with Crippen molar-refractivity contribution in [3.63, 3.8) is 0 Å². The maximum Gasteiger partial charge on any atom is 0.267 e. The molecule has 154 valence electrons. The second-order valence-electron chi connectivity index (χ2n) is 8.74. The van der Waals surface area contributed by atoms with E-state index in [-0.39, 0.29) is 5.91 Å². The second kappa shape index (κ2) is 7.78. The summed E-state index contributed by atoms with van der Waals surface area (Å²) in [6, 6.07) is 3.71. The number of nitrogens with one attached hydrogen (secondary N) is 2. The lowest BCUT2D eigenvalue weighted by atomic mass is 9.96. The lowest BCUT2D eigenvalue weighted by molar-refractivity contribution is -0.132. The molecule has 2 aliphatic heterocycles. The van der Waals surface area contributed by atoms with Gasteiger partial charge in [0.25, 0.3) is 5.91 Å². The monoisotopic (exact) mass is 396 g/mol. The van der Waals surface area contributed by atoms with Gasteiger partial charge in [-0.05, 0) is 55.1 Å². The molecular weight excluding hydrogens is 368 g/mol. The van der Waals surface area contributed by atoms with Gasteiger partial charge in [0.1, 0.15) is 5.69 Å². The molecule has 29 heavy (non-hydrogen) atoms. The summed E-state index contributed by atoms with van der Waals surface area (Å²) >= 11 is 0. The number of aromatic nitrogens is 2. The van der Waals surface area contributed by atoms with Crippen LogP contribution in [0.4, 0.5) is 0 Å². The Morgan fingerprint density at radius 1 is 1.24 bits per heavy atom. The Hall–Kier alpha value is -2.41. The number of pyridine rings is 1. The number of fused-ring (bicyclic) bond motifs is 2. The van der Waals surface area contributed by atoms with Gasteiger partial charge in [0.15, 0.2) is 0 Å². The fourth-order valence-electron chi connectivity index (χ4n) is 5.15. The summed E-state index contributed by atoms with van der Waals surface area (Å²) in [5.41, 5.74) is 1.50. The highest BCUT2D eigenvalue weighted by Gasteiger charge is 2.55. The minimum absolute atomic E-state index is 0.0692. The van der Waals surface area contributed by atoms with Crippen LogP contribution in [0.2, 0.25) is 0 Å². The summed E-state index contributed by atoms with van der Waals surface area (Å²) in [4.78, 5) is 34.2. The number of amides is 2. The summed E-state index contributed by atoms with van der Waals surface area (Å²) < 4.78 is 5.38. The zero-order chi connectivity index (χ0) is 19.8. The van der Waals surface area contributed by atoms with E-state index in [0.29, 0.717) is 48.2 Å². The van der Waals surface area contributed by atoms with Crippen molar-refractivity contribution in [3.05, 3.63) is 30.2 Å². The van der Waals surface area contributed by atoms with Crippen molar-refractivity contribution in [2.45, 2.75) is 25.7 Å². The van der Waals surface area contributed by atoms with Gasteiger partial charge in [-0.25, -0.2) is 0 Å². The third-order valence-corrected chi connectivity index (χ3v) is 6.96. The molecule has 3 atom stereocenters. The molecule has 2 saturated heterocycles. The summed E-state index contributed by atoms with van der Waals surface area (Å²) in [5, 5.41) is 3.97. The topological polar surface area (TPSA) is 87.3 Å². The number of likely N-dealkylation sites (tertiary alicyclic amines) is 1. The van der Waals surface area contributed by atoms with Crippen molar-refractivity contribution in [2.24, 2.45) is 23.7 Å². The molecule has 3 fully saturated rings. The van der Waals surface area contributed by atoms with E-state index in [2.05, 4.69) is 20.2 Å². The van der Waals surface area contributed by atoms with Crippen molar-refractivity contribution >= 4 is 22.7 Å². The average Bonchev–Trinajstić information content (AvgIpc) is 3.11. The fourth-order valence-corrected chi connectivity index (χ4v) is 5.15. The minimum Gasteiger partial charge on any atom is -0.381 e. The van der Waals surface area contributed by atoms with Crippen LogP contribution in [0.25, 0.3) is 10.9 Å². The van der Waals surface area contributed by atoms with Crippen molar-refractivity contribution in [3.8, 4) is 0 Å². The second-order valence-corrected chi connectivity index (χ2v) is 8.74. The van der Waals surface area contributed by atoms with E-state index >= 15 is 0 Å². The van der Waals surface area contributed by atoms with Crippen molar-refractivity contribution in [2.75, 3.05) is 32.8 Å². The molecule has 0 radical (unpaired) electrons.